The van der Waals surface area contributed by atoms with Gasteiger partial charge in [0.2, 0.25) is 0 Å². The molecule has 1 aliphatic heterocycles. The van der Waals surface area contributed by atoms with Gasteiger partial charge in [0.1, 0.15) is 4.21 Å². The molecule has 1 unspecified atom stereocenters. The van der Waals surface area contributed by atoms with Crippen LogP contribution >= 0.6 is 35.3 Å². The Morgan fingerprint density at radius 2 is 2.10 bits per heavy atom. The molecule has 0 amide bonds. The number of rotatable bonds is 2. The molecule has 1 saturated heterocycles. The molecule has 116 valence electrons. The summed E-state index contributed by atoms with van der Waals surface area (Å²) in [4.78, 5) is 0. The molecule has 0 spiro atoms. The summed E-state index contributed by atoms with van der Waals surface area (Å²) in [6, 6.07) is 1.68. The first kappa shape index (κ1) is 18.2. The van der Waals surface area contributed by atoms with Crippen molar-refractivity contribution in [3.63, 3.8) is 0 Å². The molecule has 1 aromatic heterocycles. The maximum absolute atomic E-state index is 12.6. The van der Waals surface area contributed by atoms with Gasteiger partial charge in [-0.15, -0.1) is 23.7 Å². The molecule has 1 aliphatic rings. The number of hydrogen-bond donors (Lipinski definition) is 1. The second-order valence-electron chi connectivity index (χ2n) is 5.74. The van der Waals surface area contributed by atoms with E-state index in [1.807, 2.05) is 20.8 Å². The lowest BCUT2D eigenvalue weighted by molar-refractivity contribution is 0.156. The quantitative estimate of drug-likeness (QED) is 0.883. The third-order valence-electron chi connectivity index (χ3n) is 3.71. The van der Waals surface area contributed by atoms with E-state index < -0.39 is 10.0 Å². The summed E-state index contributed by atoms with van der Waals surface area (Å²) in [6.07, 6.45) is 0.685. The number of thiophene rings is 1. The Morgan fingerprint density at radius 3 is 2.55 bits per heavy atom. The second-order valence-corrected chi connectivity index (χ2v) is 9.56. The first-order chi connectivity index (χ1) is 8.64. The summed E-state index contributed by atoms with van der Waals surface area (Å²) in [5.74, 6) is 0. The van der Waals surface area contributed by atoms with Gasteiger partial charge >= 0.3 is 0 Å². The summed E-state index contributed by atoms with van der Waals surface area (Å²) in [5.41, 5.74) is 6.64. The number of sulfonamides is 1. The van der Waals surface area contributed by atoms with Gasteiger partial charge in [0.25, 0.3) is 10.0 Å². The number of piperidine rings is 1. The largest absolute Gasteiger partial charge is 0.327 e. The van der Waals surface area contributed by atoms with E-state index in [0.29, 0.717) is 28.1 Å². The van der Waals surface area contributed by atoms with E-state index in [1.54, 1.807) is 6.07 Å². The van der Waals surface area contributed by atoms with Crippen LogP contribution in [0.3, 0.4) is 0 Å². The molecular weight excluding hydrogens is 339 g/mol. The zero-order valence-electron chi connectivity index (χ0n) is 11.7. The average Bonchev–Trinajstić information content (AvgIpc) is 2.63. The lowest BCUT2D eigenvalue weighted by atomic mass is 9.81. The Labute approximate surface area is 135 Å². The second kappa shape index (κ2) is 6.10. The fourth-order valence-corrected chi connectivity index (χ4v) is 5.71. The number of halogens is 2. The van der Waals surface area contributed by atoms with Crippen molar-refractivity contribution in [1.29, 1.82) is 0 Å². The van der Waals surface area contributed by atoms with Gasteiger partial charge < -0.3 is 5.73 Å². The van der Waals surface area contributed by atoms with E-state index >= 15 is 0 Å². The van der Waals surface area contributed by atoms with Gasteiger partial charge in [-0.1, -0.05) is 25.4 Å². The summed E-state index contributed by atoms with van der Waals surface area (Å²) >= 11 is 7.09. The molecule has 0 bridgehead atoms. The van der Waals surface area contributed by atoms with Crippen LogP contribution in [0.4, 0.5) is 0 Å². The van der Waals surface area contributed by atoms with Crippen LogP contribution < -0.4 is 5.73 Å². The zero-order chi connectivity index (χ0) is 14.4. The molecule has 0 aromatic carbocycles. The highest BCUT2D eigenvalue weighted by Gasteiger charge is 2.39. The van der Waals surface area contributed by atoms with Crippen molar-refractivity contribution >= 4 is 45.4 Å². The Hall–Kier alpha value is 0.150. The van der Waals surface area contributed by atoms with Gasteiger partial charge in [0.15, 0.2) is 0 Å². The van der Waals surface area contributed by atoms with Crippen molar-refractivity contribution in [2.45, 2.75) is 37.4 Å². The van der Waals surface area contributed by atoms with Crippen LogP contribution in [0.5, 0.6) is 0 Å². The molecule has 2 heterocycles. The molecule has 0 saturated carbocycles. The fourth-order valence-electron chi connectivity index (χ4n) is 2.22. The Balaban J connectivity index is 0.00000200. The minimum Gasteiger partial charge on any atom is -0.327 e. The van der Waals surface area contributed by atoms with Crippen LogP contribution in [-0.4, -0.2) is 31.9 Å². The maximum atomic E-state index is 12.6. The fraction of sp³-hybridized carbons (Fsp3) is 0.667. The molecule has 1 fully saturated rings. The highest BCUT2D eigenvalue weighted by Crippen LogP contribution is 2.35. The van der Waals surface area contributed by atoms with Gasteiger partial charge in [-0.3, -0.25) is 0 Å². The third-order valence-corrected chi connectivity index (χ3v) is 7.56. The molecule has 8 heteroatoms. The van der Waals surface area contributed by atoms with Crippen molar-refractivity contribution in [1.82, 2.24) is 4.31 Å². The molecule has 4 nitrogen and oxygen atoms in total. The first-order valence-electron chi connectivity index (χ1n) is 6.16. The lowest BCUT2D eigenvalue weighted by Crippen LogP contribution is -2.53. The molecule has 1 atom stereocenters. The number of nitrogens with two attached hydrogens (primary N) is 1. The van der Waals surface area contributed by atoms with E-state index in [0.717, 1.165) is 16.9 Å². The molecule has 2 rings (SSSR count). The number of hydrogen-bond acceptors (Lipinski definition) is 4. The van der Waals surface area contributed by atoms with Gasteiger partial charge in [-0.05, 0) is 30.4 Å². The molecule has 0 aliphatic carbocycles. The van der Waals surface area contributed by atoms with Gasteiger partial charge in [-0.25, -0.2) is 8.42 Å². The summed E-state index contributed by atoms with van der Waals surface area (Å²) < 4.78 is 27.5. The van der Waals surface area contributed by atoms with Gasteiger partial charge in [-0.2, -0.15) is 4.31 Å². The normalized spacial score (nSPS) is 23.4. The van der Waals surface area contributed by atoms with Crippen LogP contribution in [0.25, 0.3) is 0 Å². The van der Waals surface area contributed by atoms with E-state index in [1.165, 1.54) is 4.31 Å². The average molecular weight is 359 g/mol. The van der Waals surface area contributed by atoms with Crippen LogP contribution in [0, 0.1) is 12.3 Å². The molecule has 20 heavy (non-hydrogen) atoms. The summed E-state index contributed by atoms with van der Waals surface area (Å²) in [5, 5.41) is 0. The predicted molar refractivity (Wildman–Crippen MR) is 86.4 cm³/mol. The highest BCUT2D eigenvalue weighted by molar-refractivity contribution is 7.91. The van der Waals surface area contributed by atoms with Crippen molar-refractivity contribution < 1.29 is 8.42 Å². The number of nitrogens with zero attached hydrogens (tertiary/aromatic N) is 1. The molecular formula is C12H20Cl2N2O2S2. The Kier molecular flexibility index (Phi) is 5.55. The third kappa shape index (κ3) is 3.31. The number of aryl methyl sites for hydroxylation is 1. The summed E-state index contributed by atoms with van der Waals surface area (Å²) in [7, 11) is -3.45. The Morgan fingerprint density at radius 1 is 1.50 bits per heavy atom. The lowest BCUT2D eigenvalue weighted by Gasteiger charge is -2.41. The van der Waals surface area contributed by atoms with E-state index in [2.05, 4.69) is 0 Å². The molecule has 1 aromatic rings. The first-order valence-corrected chi connectivity index (χ1v) is 8.80. The topological polar surface area (TPSA) is 63.4 Å². The predicted octanol–water partition coefficient (Wildman–Crippen LogP) is 2.88. The van der Waals surface area contributed by atoms with Crippen molar-refractivity contribution in [2.75, 3.05) is 13.1 Å². The zero-order valence-corrected chi connectivity index (χ0v) is 14.9. The van der Waals surface area contributed by atoms with E-state index in [-0.39, 0.29) is 23.9 Å². The maximum Gasteiger partial charge on any atom is 0.252 e. The van der Waals surface area contributed by atoms with Crippen molar-refractivity contribution in [2.24, 2.45) is 11.1 Å². The standard InChI is InChI=1S/C12H19ClN2O2S2.ClH/c1-8-6-10(18-11(8)13)19(16,17)15-5-4-9(14)12(2,3)7-15;/h6,9H,4-5,7,14H2,1-3H3;1H. The van der Waals surface area contributed by atoms with Crippen LogP contribution in [0.15, 0.2) is 10.3 Å². The van der Waals surface area contributed by atoms with Gasteiger partial charge in [0.05, 0.1) is 4.34 Å². The minimum atomic E-state index is -3.45. The smallest absolute Gasteiger partial charge is 0.252 e. The highest BCUT2D eigenvalue weighted by atomic mass is 35.5. The van der Waals surface area contributed by atoms with Crippen LogP contribution in [0.2, 0.25) is 4.34 Å². The summed E-state index contributed by atoms with van der Waals surface area (Å²) in [6.45, 7) is 6.75. The Bertz CT molecular complexity index is 565. The van der Waals surface area contributed by atoms with E-state index in [9.17, 15) is 8.42 Å². The van der Waals surface area contributed by atoms with Crippen LogP contribution in [-0.2, 0) is 10.0 Å². The molecule has 2 N–H and O–H groups in total. The monoisotopic (exact) mass is 358 g/mol. The van der Waals surface area contributed by atoms with Crippen molar-refractivity contribution in [3.05, 3.63) is 16.0 Å². The van der Waals surface area contributed by atoms with Crippen LogP contribution in [0.1, 0.15) is 25.8 Å². The SMILES string of the molecule is Cc1cc(S(=O)(=O)N2CCC(N)C(C)(C)C2)sc1Cl.Cl. The van der Waals surface area contributed by atoms with E-state index in [4.69, 9.17) is 17.3 Å². The van der Waals surface area contributed by atoms with Crippen molar-refractivity contribution in [3.8, 4) is 0 Å². The molecule has 0 radical (unpaired) electrons. The minimum absolute atomic E-state index is 0. The van der Waals surface area contributed by atoms with Gasteiger partial charge in [0, 0.05) is 19.1 Å².